The molecule has 1 saturated heterocycles. The maximum absolute atomic E-state index is 12.7. The molecule has 3 unspecified atom stereocenters. The molecule has 7 heteroatoms. The number of likely N-dealkylation sites (tertiary alicyclic amines) is 1. The van der Waals surface area contributed by atoms with E-state index in [1.165, 1.54) is 19.3 Å². The number of carbonyl (C=O) groups is 1. The molecule has 1 fully saturated rings. The third-order valence-corrected chi connectivity index (χ3v) is 6.27. The minimum absolute atomic E-state index is 0.0123. The number of nitrogens with one attached hydrogen (secondary N) is 2. The summed E-state index contributed by atoms with van der Waals surface area (Å²) in [7, 11) is 1.96. The van der Waals surface area contributed by atoms with Gasteiger partial charge in [0.05, 0.1) is 12.2 Å². The summed E-state index contributed by atoms with van der Waals surface area (Å²) in [4.78, 5) is 15.0. The van der Waals surface area contributed by atoms with Crippen molar-refractivity contribution in [3.05, 3.63) is 23.8 Å². The minimum Gasteiger partial charge on any atom is -0.486 e. The normalized spacial score (nSPS) is 20.4. The van der Waals surface area contributed by atoms with Gasteiger partial charge in [-0.3, -0.25) is 9.69 Å². The summed E-state index contributed by atoms with van der Waals surface area (Å²) >= 11 is 0. The Balaban J connectivity index is 1.66. The lowest BCUT2D eigenvalue weighted by molar-refractivity contribution is -0.123. The molecule has 0 spiro atoms. The summed E-state index contributed by atoms with van der Waals surface area (Å²) in [6.45, 7) is 4.79. The molecule has 3 atom stereocenters. The van der Waals surface area contributed by atoms with Crippen molar-refractivity contribution in [2.45, 2.75) is 76.6 Å². The fourth-order valence-electron chi connectivity index (χ4n) is 4.49. The molecule has 1 amide bonds. The first-order chi connectivity index (χ1) is 15.1. The number of hydrogen-bond donors (Lipinski definition) is 3. The van der Waals surface area contributed by atoms with Crippen molar-refractivity contribution in [1.29, 1.82) is 0 Å². The Labute approximate surface area is 186 Å². The SMILES string of the molecule is CCCCCCCC(=O)NC(CN1CCCC1NC)C(O)c1ccc2c(c1)OCCO2. The van der Waals surface area contributed by atoms with Crippen LogP contribution in [0.1, 0.15) is 70.0 Å². The first-order valence-corrected chi connectivity index (χ1v) is 11.9. The predicted molar refractivity (Wildman–Crippen MR) is 121 cm³/mol. The molecule has 0 bridgehead atoms. The van der Waals surface area contributed by atoms with Crippen LogP contribution < -0.4 is 20.1 Å². The van der Waals surface area contributed by atoms with Crippen molar-refractivity contribution in [2.75, 3.05) is 33.4 Å². The van der Waals surface area contributed by atoms with Crippen LogP contribution in [-0.4, -0.2) is 61.5 Å². The fourth-order valence-corrected chi connectivity index (χ4v) is 4.49. The number of aliphatic hydroxyl groups excluding tert-OH is 1. The molecule has 0 aliphatic carbocycles. The van der Waals surface area contributed by atoms with Gasteiger partial charge >= 0.3 is 0 Å². The molecule has 7 nitrogen and oxygen atoms in total. The summed E-state index contributed by atoms with van der Waals surface area (Å²) in [5, 5.41) is 17.7. The summed E-state index contributed by atoms with van der Waals surface area (Å²) < 4.78 is 11.3. The molecule has 1 aromatic carbocycles. The first-order valence-electron chi connectivity index (χ1n) is 11.9. The van der Waals surface area contributed by atoms with Gasteiger partial charge in [0, 0.05) is 13.0 Å². The Kier molecular flexibility index (Phi) is 9.43. The number of nitrogens with zero attached hydrogens (tertiary/aromatic N) is 1. The first kappa shape index (κ1) is 23.8. The molecule has 2 heterocycles. The van der Waals surface area contributed by atoms with Crippen LogP contribution in [0.2, 0.25) is 0 Å². The second kappa shape index (κ2) is 12.3. The standard InChI is InChI=1S/C24H39N3O4/c1-3-4-5-6-7-10-23(28)26-19(17-27-13-8-9-22(27)25-2)24(29)18-11-12-20-21(16-18)31-15-14-30-20/h11-12,16,19,22,24-25,29H,3-10,13-15,17H2,1-2H3,(H,26,28). The van der Waals surface area contributed by atoms with E-state index in [0.29, 0.717) is 37.7 Å². The molecule has 3 N–H and O–H groups in total. The Hall–Kier alpha value is -1.83. The lowest BCUT2D eigenvalue weighted by atomic mass is 10.00. The highest BCUT2D eigenvalue weighted by molar-refractivity contribution is 5.76. The molecular weight excluding hydrogens is 394 g/mol. The molecule has 0 saturated carbocycles. The number of aliphatic hydroxyl groups is 1. The predicted octanol–water partition coefficient (Wildman–Crippen LogP) is 2.98. The van der Waals surface area contributed by atoms with Crippen molar-refractivity contribution < 1.29 is 19.4 Å². The van der Waals surface area contributed by atoms with Gasteiger partial charge in [0.25, 0.3) is 0 Å². The number of rotatable bonds is 12. The van der Waals surface area contributed by atoms with Gasteiger partial charge in [0.15, 0.2) is 11.5 Å². The monoisotopic (exact) mass is 433 g/mol. The van der Waals surface area contributed by atoms with Crippen molar-refractivity contribution >= 4 is 5.91 Å². The van der Waals surface area contributed by atoms with Gasteiger partial charge in [0.1, 0.15) is 19.3 Å². The van der Waals surface area contributed by atoms with E-state index in [4.69, 9.17) is 9.47 Å². The van der Waals surface area contributed by atoms with Gasteiger partial charge in [-0.2, -0.15) is 0 Å². The third-order valence-electron chi connectivity index (χ3n) is 6.27. The lowest BCUT2D eigenvalue weighted by Gasteiger charge is -2.32. The molecule has 0 radical (unpaired) electrons. The number of unbranched alkanes of at least 4 members (excludes halogenated alkanes) is 4. The van der Waals surface area contributed by atoms with Crippen molar-refractivity contribution in [3.8, 4) is 11.5 Å². The molecule has 174 valence electrons. The highest BCUT2D eigenvalue weighted by Gasteiger charge is 2.31. The quantitative estimate of drug-likeness (QED) is 0.440. The van der Waals surface area contributed by atoms with Gasteiger partial charge < -0.3 is 25.2 Å². The number of amides is 1. The van der Waals surface area contributed by atoms with E-state index < -0.39 is 6.10 Å². The molecule has 1 aromatic rings. The molecule has 2 aliphatic rings. The number of fused-ring (bicyclic) bond motifs is 1. The van der Waals surface area contributed by atoms with Crippen molar-refractivity contribution in [3.63, 3.8) is 0 Å². The van der Waals surface area contributed by atoms with Crippen molar-refractivity contribution in [1.82, 2.24) is 15.5 Å². The zero-order valence-corrected chi connectivity index (χ0v) is 19.1. The lowest BCUT2D eigenvalue weighted by Crippen LogP contribution is -2.50. The van der Waals surface area contributed by atoms with Crippen LogP contribution in [0.25, 0.3) is 0 Å². The number of ether oxygens (including phenoxy) is 2. The number of benzene rings is 1. The second-order valence-corrected chi connectivity index (χ2v) is 8.63. The van der Waals surface area contributed by atoms with Crippen LogP contribution in [0.4, 0.5) is 0 Å². The van der Waals surface area contributed by atoms with E-state index in [1.807, 2.05) is 25.2 Å². The molecular formula is C24H39N3O4. The maximum Gasteiger partial charge on any atom is 0.220 e. The Bertz CT molecular complexity index is 699. The van der Waals surface area contributed by atoms with E-state index in [2.05, 4.69) is 22.5 Å². The minimum atomic E-state index is -0.821. The Morgan fingerprint density at radius 1 is 1.19 bits per heavy atom. The van der Waals surface area contributed by atoms with Crippen LogP contribution in [0, 0.1) is 0 Å². The largest absolute Gasteiger partial charge is 0.486 e. The summed E-state index contributed by atoms with van der Waals surface area (Å²) in [6.07, 6.45) is 7.70. The smallest absolute Gasteiger partial charge is 0.220 e. The second-order valence-electron chi connectivity index (χ2n) is 8.63. The number of carbonyl (C=O) groups excluding carboxylic acids is 1. The number of hydrogen-bond acceptors (Lipinski definition) is 6. The molecule has 2 aliphatic heterocycles. The highest BCUT2D eigenvalue weighted by Crippen LogP contribution is 2.33. The highest BCUT2D eigenvalue weighted by atomic mass is 16.6. The Morgan fingerprint density at radius 3 is 2.74 bits per heavy atom. The van der Waals surface area contributed by atoms with Gasteiger partial charge in [0.2, 0.25) is 5.91 Å². The fraction of sp³-hybridized carbons (Fsp3) is 0.708. The summed E-state index contributed by atoms with van der Waals surface area (Å²) in [5.74, 6) is 1.36. The van der Waals surface area contributed by atoms with E-state index in [0.717, 1.165) is 37.8 Å². The van der Waals surface area contributed by atoms with Gasteiger partial charge in [-0.1, -0.05) is 38.7 Å². The van der Waals surface area contributed by atoms with Gasteiger partial charge in [-0.05, 0) is 50.6 Å². The van der Waals surface area contributed by atoms with E-state index in [9.17, 15) is 9.90 Å². The molecule has 31 heavy (non-hydrogen) atoms. The van der Waals surface area contributed by atoms with Gasteiger partial charge in [-0.25, -0.2) is 0 Å². The van der Waals surface area contributed by atoms with Crippen LogP contribution in [-0.2, 0) is 4.79 Å². The third kappa shape index (κ3) is 6.82. The van der Waals surface area contributed by atoms with Crippen LogP contribution >= 0.6 is 0 Å². The van der Waals surface area contributed by atoms with Crippen LogP contribution in [0.5, 0.6) is 11.5 Å². The molecule has 3 rings (SSSR count). The zero-order valence-electron chi connectivity index (χ0n) is 19.1. The topological polar surface area (TPSA) is 83.1 Å². The van der Waals surface area contributed by atoms with E-state index >= 15 is 0 Å². The van der Waals surface area contributed by atoms with E-state index in [-0.39, 0.29) is 18.1 Å². The summed E-state index contributed by atoms with van der Waals surface area (Å²) in [6, 6.07) is 5.15. The van der Waals surface area contributed by atoms with Gasteiger partial charge in [-0.15, -0.1) is 0 Å². The van der Waals surface area contributed by atoms with Crippen LogP contribution in [0.15, 0.2) is 18.2 Å². The summed E-state index contributed by atoms with van der Waals surface area (Å²) in [5.41, 5.74) is 0.734. The average molecular weight is 434 g/mol. The maximum atomic E-state index is 12.7. The Morgan fingerprint density at radius 2 is 1.97 bits per heavy atom. The van der Waals surface area contributed by atoms with E-state index in [1.54, 1.807) is 0 Å². The van der Waals surface area contributed by atoms with Crippen molar-refractivity contribution in [2.24, 2.45) is 0 Å². The zero-order chi connectivity index (χ0) is 22.1. The van der Waals surface area contributed by atoms with Crippen LogP contribution in [0.3, 0.4) is 0 Å². The molecule has 0 aromatic heterocycles. The average Bonchev–Trinajstić information content (AvgIpc) is 3.25.